The van der Waals surface area contributed by atoms with Crippen molar-refractivity contribution in [2.75, 3.05) is 0 Å². The summed E-state index contributed by atoms with van der Waals surface area (Å²) in [6, 6.07) is 1.83. The summed E-state index contributed by atoms with van der Waals surface area (Å²) in [5.74, 6) is 0. The molecule has 1 aromatic rings. The van der Waals surface area contributed by atoms with Crippen LogP contribution in [0.2, 0.25) is 0 Å². The minimum Gasteiger partial charge on any atom is -0.299 e. The summed E-state index contributed by atoms with van der Waals surface area (Å²) in [6.45, 7) is 0. The Morgan fingerprint density at radius 3 is 3.00 bits per heavy atom. The van der Waals surface area contributed by atoms with Gasteiger partial charge in [-0.2, -0.15) is 5.10 Å². The van der Waals surface area contributed by atoms with Crippen molar-refractivity contribution in [2.24, 2.45) is 7.05 Å². The fraction of sp³-hybridized carbons (Fsp3) is 0.143. The van der Waals surface area contributed by atoms with Crippen LogP contribution in [-0.4, -0.2) is 16.1 Å². The Bertz CT molecular complexity index is 250. The Kier molecular flexibility index (Phi) is 1.99. The van der Waals surface area contributed by atoms with Crippen LogP contribution in [0.1, 0.15) is 5.69 Å². The van der Waals surface area contributed by atoms with Gasteiger partial charge in [-0.1, -0.05) is 0 Å². The lowest BCUT2D eigenvalue weighted by Gasteiger charge is -1.90. The summed E-state index contributed by atoms with van der Waals surface area (Å²) < 4.78 is 1.69. The zero-order chi connectivity index (χ0) is 7.40. The van der Waals surface area contributed by atoms with Gasteiger partial charge < -0.3 is 0 Å². The number of carbonyl (C=O) groups is 1. The van der Waals surface area contributed by atoms with Crippen LogP contribution in [0.15, 0.2) is 18.3 Å². The first kappa shape index (κ1) is 6.74. The Labute approximate surface area is 59.0 Å². The molecule has 0 unspecified atom stereocenters. The fourth-order valence-corrected chi connectivity index (χ4v) is 0.686. The average molecular weight is 136 g/mol. The van der Waals surface area contributed by atoms with Crippen LogP contribution in [-0.2, 0) is 11.8 Å². The van der Waals surface area contributed by atoms with Crippen molar-refractivity contribution in [3.8, 4) is 0 Å². The van der Waals surface area contributed by atoms with E-state index in [0.29, 0.717) is 0 Å². The van der Waals surface area contributed by atoms with E-state index in [1.54, 1.807) is 17.0 Å². The van der Waals surface area contributed by atoms with E-state index in [1.807, 2.05) is 13.1 Å². The second-order valence-corrected chi connectivity index (χ2v) is 1.87. The monoisotopic (exact) mass is 136 g/mol. The molecule has 0 N–H and O–H groups in total. The molecule has 0 spiro atoms. The van der Waals surface area contributed by atoms with Gasteiger partial charge in [0.25, 0.3) is 0 Å². The molecule has 3 nitrogen and oxygen atoms in total. The topological polar surface area (TPSA) is 34.9 Å². The molecule has 52 valence electrons. The highest BCUT2D eigenvalue weighted by Gasteiger charge is 1.89. The molecule has 0 saturated heterocycles. The Morgan fingerprint density at radius 2 is 2.50 bits per heavy atom. The zero-order valence-corrected chi connectivity index (χ0v) is 5.69. The van der Waals surface area contributed by atoms with E-state index >= 15 is 0 Å². The third-order valence-electron chi connectivity index (χ3n) is 1.20. The first-order chi connectivity index (χ1) is 4.84. The lowest BCUT2D eigenvalue weighted by Crippen LogP contribution is -1.91. The number of carbonyl (C=O) groups excluding carboxylic acids is 1. The van der Waals surface area contributed by atoms with E-state index in [9.17, 15) is 4.79 Å². The Hall–Kier alpha value is -1.38. The number of rotatable bonds is 2. The third-order valence-corrected chi connectivity index (χ3v) is 1.20. The van der Waals surface area contributed by atoms with Gasteiger partial charge in [-0.05, 0) is 18.2 Å². The molecule has 3 heteroatoms. The molecule has 0 aliphatic rings. The minimum atomic E-state index is 0.743. The van der Waals surface area contributed by atoms with Crippen LogP contribution < -0.4 is 0 Å². The molecule has 0 aromatic carbocycles. The number of hydrogen-bond donors (Lipinski definition) is 0. The van der Waals surface area contributed by atoms with Crippen LogP contribution >= 0.6 is 0 Å². The van der Waals surface area contributed by atoms with Gasteiger partial charge in [-0.15, -0.1) is 0 Å². The fourth-order valence-electron chi connectivity index (χ4n) is 0.686. The molecule has 10 heavy (non-hydrogen) atoms. The first-order valence-electron chi connectivity index (χ1n) is 2.94. The van der Waals surface area contributed by atoms with Crippen LogP contribution in [0.5, 0.6) is 0 Å². The normalized spacial score (nSPS) is 10.5. The molecule has 0 saturated carbocycles. The van der Waals surface area contributed by atoms with E-state index in [2.05, 4.69) is 5.10 Å². The molecule has 0 atom stereocenters. The number of aryl methyl sites for hydroxylation is 1. The summed E-state index contributed by atoms with van der Waals surface area (Å²) >= 11 is 0. The number of allylic oxidation sites excluding steroid dienone is 1. The van der Waals surface area contributed by atoms with Crippen molar-refractivity contribution < 1.29 is 4.79 Å². The van der Waals surface area contributed by atoms with Crippen molar-refractivity contribution in [1.29, 1.82) is 0 Å². The summed E-state index contributed by atoms with van der Waals surface area (Å²) in [5, 5.41) is 3.92. The molecule has 0 amide bonds. The number of aldehydes is 1. The van der Waals surface area contributed by atoms with Crippen molar-refractivity contribution >= 4 is 12.4 Å². The van der Waals surface area contributed by atoms with E-state index in [0.717, 1.165) is 12.0 Å². The molecule has 0 aliphatic heterocycles. The molecular formula is C7H8N2O. The average Bonchev–Trinajstić information content (AvgIpc) is 2.31. The maximum Gasteiger partial charge on any atom is 0.142 e. The van der Waals surface area contributed by atoms with Crippen molar-refractivity contribution in [3.63, 3.8) is 0 Å². The smallest absolute Gasteiger partial charge is 0.142 e. The lowest BCUT2D eigenvalue weighted by molar-refractivity contribution is -0.104. The highest BCUT2D eigenvalue weighted by Crippen LogP contribution is 1.97. The quantitative estimate of drug-likeness (QED) is 0.441. The molecular weight excluding hydrogens is 128 g/mol. The third kappa shape index (κ3) is 1.31. The first-order valence-corrected chi connectivity index (χ1v) is 2.94. The molecule has 0 aliphatic carbocycles. The highest BCUT2D eigenvalue weighted by molar-refractivity contribution is 5.72. The van der Waals surface area contributed by atoms with Gasteiger partial charge in [-0.3, -0.25) is 9.48 Å². The van der Waals surface area contributed by atoms with E-state index in [-0.39, 0.29) is 0 Å². The van der Waals surface area contributed by atoms with Gasteiger partial charge in [-0.25, -0.2) is 0 Å². The van der Waals surface area contributed by atoms with Crippen molar-refractivity contribution in [3.05, 3.63) is 24.0 Å². The summed E-state index contributed by atoms with van der Waals surface area (Å²) in [5.41, 5.74) is 0.923. The Balaban J connectivity index is 2.83. The largest absolute Gasteiger partial charge is 0.299 e. The number of aromatic nitrogens is 2. The maximum absolute atomic E-state index is 9.89. The van der Waals surface area contributed by atoms with E-state index in [4.69, 9.17) is 0 Å². The standard InChI is InChI=1S/C7H8N2O/c1-9-7(3-2-6-10)4-5-8-9/h2-6H,1H3/b3-2+. The van der Waals surface area contributed by atoms with Crippen LogP contribution in [0.25, 0.3) is 6.08 Å². The molecule has 0 radical (unpaired) electrons. The van der Waals surface area contributed by atoms with Gasteiger partial charge in [0.05, 0.1) is 5.69 Å². The maximum atomic E-state index is 9.89. The van der Waals surface area contributed by atoms with Crippen LogP contribution in [0.4, 0.5) is 0 Å². The van der Waals surface area contributed by atoms with Gasteiger partial charge in [0.1, 0.15) is 6.29 Å². The van der Waals surface area contributed by atoms with Gasteiger partial charge >= 0.3 is 0 Å². The Morgan fingerprint density at radius 1 is 1.70 bits per heavy atom. The second kappa shape index (κ2) is 2.96. The molecule has 0 fully saturated rings. The van der Waals surface area contributed by atoms with Crippen LogP contribution in [0, 0.1) is 0 Å². The zero-order valence-electron chi connectivity index (χ0n) is 5.69. The van der Waals surface area contributed by atoms with Crippen molar-refractivity contribution in [1.82, 2.24) is 9.78 Å². The van der Waals surface area contributed by atoms with Gasteiger partial charge in [0.2, 0.25) is 0 Å². The molecule has 0 bridgehead atoms. The van der Waals surface area contributed by atoms with Crippen molar-refractivity contribution in [2.45, 2.75) is 0 Å². The molecule has 1 rings (SSSR count). The minimum absolute atomic E-state index is 0.743. The molecule has 1 aromatic heterocycles. The highest BCUT2D eigenvalue weighted by atomic mass is 16.1. The summed E-state index contributed by atoms with van der Waals surface area (Å²) in [4.78, 5) is 9.89. The van der Waals surface area contributed by atoms with Gasteiger partial charge in [0, 0.05) is 13.2 Å². The summed E-state index contributed by atoms with van der Waals surface area (Å²) in [7, 11) is 1.82. The SMILES string of the molecule is Cn1nccc1/C=C/C=O. The van der Waals surface area contributed by atoms with E-state index < -0.39 is 0 Å². The molecule has 1 heterocycles. The van der Waals surface area contributed by atoms with Crippen LogP contribution in [0.3, 0.4) is 0 Å². The lowest BCUT2D eigenvalue weighted by atomic mass is 10.4. The summed E-state index contributed by atoms with van der Waals surface area (Å²) in [6.07, 6.45) is 5.58. The van der Waals surface area contributed by atoms with Gasteiger partial charge in [0.15, 0.2) is 0 Å². The predicted octanol–water partition coefficient (Wildman–Crippen LogP) is 0.632. The number of hydrogen-bond acceptors (Lipinski definition) is 2. The number of nitrogens with zero attached hydrogens (tertiary/aromatic N) is 2. The predicted molar refractivity (Wildman–Crippen MR) is 38.3 cm³/mol. The van der Waals surface area contributed by atoms with E-state index in [1.165, 1.54) is 6.08 Å². The second-order valence-electron chi connectivity index (χ2n) is 1.87.